The van der Waals surface area contributed by atoms with E-state index in [1.165, 1.54) is 41.3 Å². The molecule has 13 heteroatoms. The van der Waals surface area contributed by atoms with E-state index in [9.17, 15) is 17.6 Å². The van der Waals surface area contributed by atoms with Gasteiger partial charge in [0.25, 0.3) is 0 Å². The van der Waals surface area contributed by atoms with Crippen molar-refractivity contribution in [1.82, 2.24) is 14.9 Å². The summed E-state index contributed by atoms with van der Waals surface area (Å²) in [6.07, 6.45) is 7.63. The lowest BCUT2D eigenvalue weighted by molar-refractivity contribution is 0.221. The second kappa shape index (κ2) is 11.8. The second-order valence-corrected chi connectivity index (χ2v) is 14.7. The summed E-state index contributed by atoms with van der Waals surface area (Å²) in [7, 11) is 0.232. The van der Waals surface area contributed by atoms with E-state index in [0.29, 0.717) is 23.4 Å². The summed E-state index contributed by atoms with van der Waals surface area (Å²) < 4.78 is 56.4. The van der Waals surface area contributed by atoms with Gasteiger partial charge in [0.1, 0.15) is 17.5 Å². The zero-order valence-corrected chi connectivity index (χ0v) is 26.7. The number of halogens is 2. The molecule has 3 aromatic rings. The van der Waals surface area contributed by atoms with Gasteiger partial charge < -0.3 is 10.2 Å². The Hall–Kier alpha value is -3.84. The van der Waals surface area contributed by atoms with Gasteiger partial charge in [-0.15, -0.1) is 0 Å². The molecule has 6 rings (SSSR count). The number of urea groups is 1. The van der Waals surface area contributed by atoms with Crippen molar-refractivity contribution in [3.8, 4) is 0 Å². The molecule has 2 aliphatic carbocycles. The van der Waals surface area contributed by atoms with Crippen molar-refractivity contribution in [3.05, 3.63) is 71.4 Å². The number of amides is 2. The molecule has 1 aromatic heterocycles. The maximum Gasteiger partial charge on any atom is 0.331 e. The van der Waals surface area contributed by atoms with Crippen molar-refractivity contribution in [2.75, 3.05) is 33.9 Å². The minimum Gasteiger partial charge on any atom is -0.351 e. The monoisotopic (exact) mass is 639 g/mol. The van der Waals surface area contributed by atoms with Gasteiger partial charge in [-0.05, 0) is 102 Å². The van der Waals surface area contributed by atoms with Crippen LogP contribution in [-0.4, -0.2) is 61.5 Å². The van der Waals surface area contributed by atoms with E-state index in [-0.39, 0.29) is 29.5 Å². The molecular weight excluding hydrogens is 600 g/mol. The molecule has 0 atom stereocenters. The van der Waals surface area contributed by atoms with E-state index in [4.69, 9.17) is 4.98 Å². The SMILES string of the molecule is CN(C)C1CCC(Nc2ncc3c(n2)N(C2CC2)C(=O)N(c2ccc(NS(=O)(=O)Cc4ccc(F)cc4)c(F)c2)C3(C)C)CC1. The van der Waals surface area contributed by atoms with Gasteiger partial charge >= 0.3 is 6.03 Å². The lowest BCUT2D eigenvalue weighted by atomic mass is 9.90. The molecule has 2 amide bonds. The first-order chi connectivity index (χ1) is 21.3. The van der Waals surface area contributed by atoms with Crippen LogP contribution < -0.4 is 19.8 Å². The number of rotatable bonds is 9. The Morgan fingerprint density at radius 1 is 1.00 bits per heavy atom. The predicted molar refractivity (Wildman–Crippen MR) is 171 cm³/mol. The number of hydrogen-bond acceptors (Lipinski definition) is 7. The van der Waals surface area contributed by atoms with Gasteiger partial charge in [0.15, 0.2) is 0 Å². The van der Waals surface area contributed by atoms with Crippen molar-refractivity contribution < 1.29 is 22.0 Å². The minimum atomic E-state index is -3.99. The Morgan fingerprint density at radius 3 is 2.31 bits per heavy atom. The number of carbonyl (C=O) groups excluding carboxylic acids is 1. The molecule has 3 aliphatic rings. The molecule has 1 aliphatic heterocycles. The maximum atomic E-state index is 15.5. The van der Waals surface area contributed by atoms with Crippen molar-refractivity contribution in [2.24, 2.45) is 0 Å². The second-order valence-electron chi connectivity index (χ2n) is 13.0. The highest BCUT2D eigenvalue weighted by molar-refractivity contribution is 7.91. The highest BCUT2D eigenvalue weighted by Gasteiger charge is 2.49. The number of aromatic nitrogens is 2. The number of carbonyl (C=O) groups is 1. The van der Waals surface area contributed by atoms with Gasteiger partial charge in [0.05, 0.1) is 17.0 Å². The highest BCUT2D eigenvalue weighted by Crippen LogP contribution is 2.46. The smallest absolute Gasteiger partial charge is 0.331 e. The normalized spacial score (nSPS) is 21.5. The molecule has 0 saturated heterocycles. The van der Waals surface area contributed by atoms with Crippen LogP contribution in [0.2, 0.25) is 0 Å². The van der Waals surface area contributed by atoms with Crippen molar-refractivity contribution in [3.63, 3.8) is 0 Å². The van der Waals surface area contributed by atoms with Crippen molar-refractivity contribution in [1.29, 1.82) is 0 Å². The van der Waals surface area contributed by atoms with Crippen LogP contribution in [-0.2, 0) is 21.3 Å². The minimum absolute atomic E-state index is 0.0180. The Balaban J connectivity index is 1.24. The Kier molecular flexibility index (Phi) is 8.19. The highest BCUT2D eigenvalue weighted by atomic mass is 32.2. The third-order valence-electron chi connectivity index (χ3n) is 9.03. The zero-order valence-electron chi connectivity index (χ0n) is 25.9. The van der Waals surface area contributed by atoms with E-state index in [0.717, 1.165) is 50.2 Å². The Morgan fingerprint density at radius 2 is 1.69 bits per heavy atom. The molecule has 10 nitrogen and oxygen atoms in total. The summed E-state index contributed by atoms with van der Waals surface area (Å²) in [4.78, 5) is 29.1. The number of nitrogens with zero attached hydrogens (tertiary/aromatic N) is 5. The maximum absolute atomic E-state index is 15.5. The molecule has 2 fully saturated rings. The predicted octanol–water partition coefficient (Wildman–Crippen LogP) is 5.83. The molecule has 2 saturated carbocycles. The molecule has 0 radical (unpaired) electrons. The molecule has 2 aromatic carbocycles. The average Bonchev–Trinajstić information content (AvgIpc) is 3.81. The summed E-state index contributed by atoms with van der Waals surface area (Å²) >= 11 is 0. The lowest BCUT2D eigenvalue weighted by Gasteiger charge is -2.47. The van der Waals surface area contributed by atoms with E-state index in [1.54, 1.807) is 11.1 Å². The molecule has 45 heavy (non-hydrogen) atoms. The first-order valence-corrected chi connectivity index (χ1v) is 17.0. The van der Waals surface area contributed by atoms with Gasteiger partial charge in [0, 0.05) is 35.6 Å². The standard InChI is InChI=1S/C32H39F2N7O3S/c1-32(2)26-18-35-30(36-22-9-11-23(12-10-22)39(3)4)37-29(26)40(24-13-14-24)31(42)41(32)25-15-16-28(27(34)17-25)38-45(43,44)19-20-5-7-21(33)8-6-20/h5-8,15-18,22-24,38H,9-14,19H2,1-4H3,(H,35,36,37). The molecule has 2 heterocycles. The van der Waals surface area contributed by atoms with E-state index < -0.39 is 32.9 Å². The van der Waals surface area contributed by atoms with Gasteiger partial charge in [-0.25, -0.2) is 27.0 Å². The number of fused-ring (bicyclic) bond motifs is 1. The summed E-state index contributed by atoms with van der Waals surface area (Å²) in [6, 6.07) is 9.53. The van der Waals surface area contributed by atoms with Crippen LogP contribution in [0.5, 0.6) is 0 Å². The summed E-state index contributed by atoms with van der Waals surface area (Å²) in [5.41, 5.74) is 0.190. The summed E-state index contributed by atoms with van der Waals surface area (Å²) in [5, 5.41) is 3.49. The van der Waals surface area contributed by atoms with E-state index >= 15 is 4.39 Å². The number of anilines is 4. The van der Waals surface area contributed by atoms with Crippen LogP contribution in [0.25, 0.3) is 0 Å². The third-order valence-corrected chi connectivity index (χ3v) is 10.3. The van der Waals surface area contributed by atoms with Crippen LogP contribution in [0.1, 0.15) is 63.5 Å². The first kappa shape index (κ1) is 31.2. The van der Waals surface area contributed by atoms with E-state index in [1.807, 2.05) is 13.8 Å². The van der Waals surface area contributed by atoms with Crippen LogP contribution in [0.15, 0.2) is 48.7 Å². The van der Waals surface area contributed by atoms with Crippen LogP contribution in [0, 0.1) is 11.6 Å². The van der Waals surface area contributed by atoms with E-state index in [2.05, 4.69) is 34.0 Å². The molecule has 2 N–H and O–H groups in total. The third kappa shape index (κ3) is 6.46. The number of sulfonamides is 1. The fourth-order valence-corrected chi connectivity index (χ4v) is 7.56. The largest absolute Gasteiger partial charge is 0.351 e. The Labute approximate surface area is 262 Å². The first-order valence-electron chi connectivity index (χ1n) is 15.3. The van der Waals surface area contributed by atoms with Crippen molar-refractivity contribution in [2.45, 2.75) is 81.8 Å². The van der Waals surface area contributed by atoms with Gasteiger partial charge in [-0.2, -0.15) is 4.98 Å². The fourth-order valence-electron chi connectivity index (χ4n) is 6.36. The molecule has 0 unspecified atom stereocenters. The van der Waals surface area contributed by atoms with Gasteiger partial charge in [-0.1, -0.05) is 12.1 Å². The average molecular weight is 640 g/mol. The van der Waals surface area contributed by atoms with Crippen LogP contribution >= 0.6 is 0 Å². The molecule has 0 spiro atoms. The Bertz CT molecular complexity index is 1690. The molecule has 240 valence electrons. The fraction of sp³-hybridized carbons (Fsp3) is 0.469. The molecule has 0 bridgehead atoms. The number of hydrogen-bond donors (Lipinski definition) is 2. The quantitative estimate of drug-likeness (QED) is 0.303. The topological polar surface area (TPSA) is 111 Å². The zero-order chi connectivity index (χ0) is 32.1. The van der Waals surface area contributed by atoms with Gasteiger partial charge in [-0.3, -0.25) is 14.5 Å². The molecular formula is C32H39F2N7O3S. The van der Waals surface area contributed by atoms with Gasteiger partial charge in [0.2, 0.25) is 16.0 Å². The number of nitrogens with one attached hydrogen (secondary N) is 2. The summed E-state index contributed by atoms with van der Waals surface area (Å²) in [6.45, 7) is 3.73. The van der Waals surface area contributed by atoms with Crippen LogP contribution in [0.4, 0.5) is 36.7 Å². The van der Waals surface area contributed by atoms with Crippen LogP contribution in [0.3, 0.4) is 0 Å². The van der Waals surface area contributed by atoms with Crippen molar-refractivity contribution >= 4 is 39.2 Å². The number of benzene rings is 2. The summed E-state index contributed by atoms with van der Waals surface area (Å²) in [5.74, 6) is -0.706. The lowest BCUT2D eigenvalue weighted by Crippen LogP contribution is -2.58.